The van der Waals surface area contributed by atoms with Crippen LogP contribution in [0.15, 0.2) is 35.5 Å². The first-order chi connectivity index (χ1) is 10.2. The number of aromatic nitrogens is 2. The summed E-state index contributed by atoms with van der Waals surface area (Å²) in [4.78, 5) is 3.66. The fraction of sp³-hybridized carbons (Fsp3) is 0.308. The van der Waals surface area contributed by atoms with Crippen LogP contribution in [0.1, 0.15) is 17.9 Å². The van der Waals surface area contributed by atoms with Crippen molar-refractivity contribution in [2.45, 2.75) is 24.9 Å². The molecule has 0 saturated carbocycles. The van der Waals surface area contributed by atoms with Crippen LogP contribution >= 0.6 is 0 Å². The Morgan fingerprint density at radius 3 is 2.64 bits per heavy atom. The molecule has 9 heteroatoms. The summed E-state index contributed by atoms with van der Waals surface area (Å²) in [6.45, 7) is -1.67. The van der Waals surface area contributed by atoms with Gasteiger partial charge in [0.15, 0.2) is 0 Å². The molecule has 0 bridgehead atoms. The van der Waals surface area contributed by atoms with E-state index in [9.17, 15) is 21.6 Å². The van der Waals surface area contributed by atoms with Gasteiger partial charge in [-0.15, -0.1) is 0 Å². The third-order valence-electron chi connectivity index (χ3n) is 3.15. The van der Waals surface area contributed by atoms with Gasteiger partial charge < -0.3 is 0 Å². The number of hydrogen-bond donors (Lipinski definition) is 0. The van der Waals surface area contributed by atoms with E-state index >= 15 is 0 Å². The molecule has 0 aliphatic rings. The number of rotatable bonds is 5. The second kappa shape index (κ2) is 6.09. The number of alkyl halides is 2. The third kappa shape index (κ3) is 3.14. The van der Waals surface area contributed by atoms with Gasteiger partial charge in [0, 0.05) is 19.4 Å². The molecule has 1 aromatic heterocycles. The van der Waals surface area contributed by atoms with E-state index in [4.69, 9.17) is 0 Å². The molecule has 0 spiro atoms. The number of aryl methyl sites for hydroxylation is 1. The molecule has 0 saturated heterocycles. The van der Waals surface area contributed by atoms with Gasteiger partial charge in [-0.1, -0.05) is 0 Å². The van der Waals surface area contributed by atoms with Gasteiger partial charge in [0.1, 0.15) is 11.6 Å². The maximum absolute atomic E-state index is 13.1. The first kappa shape index (κ1) is 16.5. The Labute approximate surface area is 126 Å². The van der Waals surface area contributed by atoms with Crippen LogP contribution in [0, 0.1) is 12.7 Å². The van der Waals surface area contributed by atoms with Gasteiger partial charge in [-0.2, -0.15) is 13.1 Å². The molecule has 1 aromatic carbocycles. The largest absolute Gasteiger partial charge is 0.319 e. The van der Waals surface area contributed by atoms with Crippen molar-refractivity contribution in [3.63, 3.8) is 0 Å². The number of sulfonamides is 1. The number of imidazole rings is 1. The zero-order valence-corrected chi connectivity index (χ0v) is 12.7. The van der Waals surface area contributed by atoms with Crippen LogP contribution in [-0.4, -0.2) is 29.3 Å². The molecule has 1 heterocycles. The van der Waals surface area contributed by atoms with Crippen LogP contribution in [0.3, 0.4) is 0 Å². The summed E-state index contributed by atoms with van der Waals surface area (Å²) < 4.78 is 65.0. The van der Waals surface area contributed by atoms with E-state index in [0.717, 1.165) is 28.7 Å². The van der Waals surface area contributed by atoms with E-state index < -0.39 is 22.4 Å². The molecule has 0 fully saturated rings. The minimum absolute atomic E-state index is 0.0773. The van der Waals surface area contributed by atoms with E-state index in [1.807, 2.05) is 0 Å². The Morgan fingerprint density at radius 2 is 2.05 bits per heavy atom. The van der Waals surface area contributed by atoms with Crippen LogP contribution in [0.25, 0.3) is 0 Å². The van der Waals surface area contributed by atoms with Gasteiger partial charge in [0.05, 0.1) is 11.4 Å². The van der Waals surface area contributed by atoms with Crippen molar-refractivity contribution in [2.24, 2.45) is 0 Å². The molecule has 22 heavy (non-hydrogen) atoms. The summed E-state index contributed by atoms with van der Waals surface area (Å²) in [7, 11) is -2.68. The lowest BCUT2D eigenvalue weighted by molar-refractivity contribution is 0.0658. The highest BCUT2D eigenvalue weighted by Gasteiger charge is 2.25. The van der Waals surface area contributed by atoms with E-state index in [1.165, 1.54) is 20.2 Å². The SMILES string of the molecule is Cc1cc(F)ccc1S(=O)(=O)N(C)Cc1nccn1C(F)F. The van der Waals surface area contributed by atoms with Crippen molar-refractivity contribution < 1.29 is 21.6 Å². The van der Waals surface area contributed by atoms with Gasteiger partial charge in [0.2, 0.25) is 10.0 Å². The van der Waals surface area contributed by atoms with E-state index in [2.05, 4.69) is 4.98 Å². The van der Waals surface area contributed by atoms with E-state index in [1.54, 1.807) is 0 Å². The summed E-state index contributed by atoms with van der Waals surface area (Å²) in [5.41, 5.74) is 0.240. The molecule has 0 radical (unpaired) electrons. The lowest BCUT2D eigenvalue weighted by Gasteiger charge is -2.18. The molecule has 0 aliphatic carbocycles. The predicted octanol–water partition coefficient (Wildman–Crippen LogP) is 2.55. The van der Waals surface area contributed by atoms with Crippen molar-refractivity contribution in [1.82, 2.24) is 13.9 Å². The van der Waals surface area contributed by atoms with E-state index in [0.29, 0.717) is 4.57 Å². The maximum atomic E-state index is 13.1. The van der Waals surface area contributed by atoms with Crippen LogP contribution in [0.5, 0.6) is 0 Å². The molecular weight excluding hydrogens is 319 g/mol. The molecule has 2 rings (SSSR count). The van der Waals surface area contributed by atoms with Crippen LogP contribution in [-0.2, 0) is 16.6 Å². The number of halogens is 3. The zero-order valence-electron chi connectivity index (χ0n) is 11.9. The van der Waals surface area contributed by atoms with Crippen molar-refractivity contribution in [2.75, 3.05) is 7.05 Å². The molecule has 0 amide bonds. The quantitative estimate of drug-likeness (QED) is 0.845. The van der Waals surface area contributed by atoms with Crippen molar-refractivity contribution >= 4 is 10.0 Å². The third-order valence-corrected chi connectivity index (χ3v) is 5.11. The lowest BCUT2D eigenvalue weighted by atomic mass is 10.2. The summed E-state index contributed by atoms with van der Waals surface area (Å²) in [5, 5.41) is 0. The van der Waals surface area contributed by atoms with Crippen LogP contribution < -0.4 is 0 Å². The Kier molecular flexibility index (Phi) is 4.57. The highest BCUT2D eigenvalue weighted by molar-refractivity contribution is 7.89. The second-order valence-corrected chi connectivity index (χ2v) is 6.71. The van der Waals surface area contributed by atoms with E-state index in [-0.39, 0.29) is 22.8 Å². The Hall–Kier alpha value is -1.87. The average Bonchev–Trinajstić information content (AvgIpc) is 2.86. The molecule has 0 N–H and O–H groups in total. The first-order valence-electron chi connectivity index (χ1n) is 6.26. The summed E-state index contributed by atoms with van der Waals surface area (Å²) >= 11 is 0. The Morgan fingerprint density at radius 1 is 1.36 bits per heavy atom. The zero-order chi connectivity index (χ0) is 16.5. The topological polar surface area (TPSA) is 55.2 Å². The van der Waals surface area contributed by atoms with Crippen molar-refractivity contribution in [3.8, 4) is 0 Å². The van der Waals surface area contributed by atoms with Crippen molar-refractivity contribution in [3.05, 3.63) is 47.8 Å². The number of benzene rings is 1. The first-order valence-corrected chi connectivity index (χ1v) is 7.70. The van der Waals surface area contributed by atoms with Gasteiger partial charge in [-0.05, 0) is 30.7 Å². The fourth-order valence-corrected chi connectivity index (χ4v) is 3.33. The number of hydrogen-bond acceptors (Lipinski definition) is 3. The molecule has 5 nitrogen and oxygen atoms in total. The highest BCUT2D eigenvalue weighted by Crippen LogP contribution is 2.22. The van der Waals surface area contributed by atoms with Crippen LogP contribution in [0.2, 0.25) is 0 Å². The molecule has 0 unspecified atom stereocenters. The second-order valence-electron chi connectivity index (χ2n) is 4.70. The normalized spacial score (nSPS) is 12.3. The summed E-state index contributed by atoms with van der Waals surface area (Å²) in [5.74, 6) is -0.631. The van der Waals surface area contributed by atoms with Gasteiger partial charge in [0.25, 0.3) is 0 Å². The fourth-order valence-electron chi connectivity index (χ4n) is 2.00. The monoisotopic (exact) mass is 333 g/mol. The van der Waals surface area contributed by atoms with Gasteiger partial charge >= 0.3 is 6.55 Å². The van der Waals surface area contributed by atoms with Crippen molar-refractivity contribution in [1.29, 1.82) is 0 Å². The van der Waals surface area contributed by atoms with Gasteiger partial charge in [-0.25, -0.2) is 17.8 Å². The molecule has 0 atom stereocenters. The smallest absolute Gasteiger partial charge is 0.277 e. The van der Waals surface area contributed by atoms with Crippen LogP contribution in [0.4, 0.5) is 13.2 Å². The standard InChI is InChI=1S/C13H14F3N3O2S/c1-9-7-10(14)3-4-11(9)22(20,21)18(2)8-12-17-5-6-19(12)13(15)16/h3-7,13H,8H2,1-2H3. The molecule has 2 aromatic rings. The Balaban J connectivity index is 2.31. The predicted molar refractivity (Wildman–Crippen MR) is 73.3 cm³/mol. The minimum atomic E-state index is -3.94. The summed E-state index contributed by atoms with van der Waals surface area (Å²) in [6, 6.07) is 3.28. The number of nitrogens with zero attached hydrogens (tertiary/aromatic N) is 3. The lowest BCUT2D eigenvalue weighted by Crippen LogP contribution is -2.28. The summed E-state index contributed by atoms with van der Waals surface area (Å²) in [6.07, 6.45) is 2.24. The molecule has 0 aliphatic heterocycles. The average molecular weight is 333 g/mol. The Bertz CT molecular complexity index is 775. The van der Waals surface area contributed by atoms with Gasteiger partial charge in [-0.3, -0.25) is 4.57 Å². The minimum Gasteiger partial charge on any atom is -0.277 e. The molecule has 120 valence electrons. The maximum Gasteiger partial charge on any atom is 0.319 e. The molecular formula is C13H14F3N3O2S. The highest BCUT2D eigenvalue weighted by atomic mass is 32.2.